The van der Waals surface area contributed by atoms with Gasteiger partial charge in [0.1, 0.15) is 12.1 Å². The molecule has 6 heteroatoms. The summed E-state index contributed by atoms with van der Waals surface area (Å²) in [7, 11) is 0. The standard InChI is InChI=1S/C26H27N3O3/c1-26(22-11-10-19-8-5-9-21(19)16-22)24(31)29(25(32)27-26)17-23(30)28-14-12-20(13-15-28)18-6-3-2-4-7-18/h2-4,6-7,10-12,16H,5,8-9,13-15,17H2,1H3,(H,27,32). The van der Waals surface area contributed by atoms with E-state index in [9.17, 15) is 14.4 Å². The van der Waals surface area contributed by atoms with Crippen LogP contribution < -0.4 is 5.32 Å². The zero-order valence-electron chi connectivity index (χ0n) is 18.3. The molecular weight excluding hydrogens is 402 g/mol. The number of amides is 4. The minimum absolute atomic E-state index is 0.213. The maximum Gasteiger partial charge on any atom is 0.325 e. The first-order valence-corrected chi connectivity index (χ1v) is 11.2. The van der Waals surface area contributed by atoms with Crippen LogP contribution in [0.25, 0.3) is 5.57 Å². The van der Waals surface area contributed by atoms with Crippen molar-refractivity contribution in [3.8, 4) is 0 Å². The maximum atomic E-state index is 13.3. The number of carbonyl (C=O) groups excluding carboxylic acids is 3. The number of aryl methyl sites for hydroxylation is 2. The molecule has 2 aromatic rings. The lowest BCUT2D eigenvalue weighted by Gasteiger charge is -2.28. The minimum Gasteiger partial charge on any atom is -0.337 e. The average Bonchev–Trinajstić information content (AvgIpc) is 3.38. The molecule has 1 fully saturated rings. The summed E-state index contributed by atoms with van der Waals surface area (Å²) in [5, 5.41) is 2.83. The Kier molecular flexibility index (Phi) is 5.08. The molecule has 1 N–H and O–H groups in total. The van der Waals surface area contributed by atoms with Crippen molar-refractivity contribution in [1.29, 1.82) is 0 Å². The molecule has 2 aliphatic heterocycles. The molecule has 4 amide bonds. The zero-order valence-corrected chi connectivity index (χ0v) is 18.3. The van der Waals surface area contributed by atoms with Gasteiger partial charge in [-0.2, -0.15) is 0 Å². The number of benzene rings is 2. The van der Waals surface area contributed by atoms with Crippen molar-refractivity contribution < 1.29 is 14.4 Å². The van der Waals surface area contributed by atoms with Crippen molar-refractivity contribution in [3.63, 3.8) is 0 Å². The predicted octanol–water partition coefficient (Wildman–Crippen LogP) is 3.26. The van der Waals surface area contributed by atoms with E-state index in [1.54, 1.807) is 11.8 Å². The highest BCUT2D eigenvalue weighted by molar-refractivity contribution is 6.09. The van der Waals surface area contributed by atoms with E-state index in [4.69, 9.17) is 0 Å². The van der Waals surface area contributed by atoms with Crippen LogP contribution in [0.2, 0.25) is 0 Å². The normalized spacial score (nSPS) is 22.6. The number of hydrogen-bond acceptors (Lipinski definition) is 3. The van der Waals surface area contributed by atoms with Gasteiger partial charge in [0.25, 0.3) is 5.91 Å². The number of rotatable bonds is 4. The lowest BCUT2D eigenvalue weighted by molar-refractivity contribution is -0.138. The Labute approximate surface area is 187 Å². The Balaban J connectivity index is 1.28. The Morgan fingerprint density at radius 2 is 1.81 bits per heavy atom. The van der Waals surface area contributed by atoms with Crippen LogP contribution in [0.15, 0.2) is 54.6 Å². The van der Waals surface area contributed by atoms with Gasteiger partial charge in [-0.1, -0.05) is 54.6 Å². The van der Waals surface area contributed by atoms with E-state index in [-0.39, 0.29) is 18.4 Å². The fourth-order valence-electron chi connectivity index (χ4n) is 4.96. The second-order valence-electron chi connectivity index (χ2n) is 8.97. The van der Waals surface area contributed by atoms with Gasteiger partial charge in [0.15, 0.2) is 0 Å². The number of imide groups is 1. The summed E-state index contributed by atoms with van der Waals surface area (Å²) in [5.74, 6) is -0.582. The number of nitrogens with zero attached hydrogens (tertiary/aromatic N) is 2. The Morgan fingerprint density at radius 1 is 1.03 bits per heavy atom. The number of fused-ring (bicyclic) bond motifs is 1. The molecule has 6 nitrogen and oxygen atoms in total. The molecule has 0 bridgehead atoms. The largest absolute Gasteiger partial charge is 0.337 e. The number of urea groups is 1. The van der Waals surface area contributed by atoms with E-state index >= 15 is 0 Å². The van der Waals surface area contributed by atoms with Crippen LogP contribution in [0.4, 0.5) is 4.79 Å². The number of nitrogens with one attached hydrogen (secondary N) is 1. The fraction of sp³-hybridized carbons (Fsp3) is 0.346. The molecule has 0 saturated carbocycles. The van der Waals surface area contributed by atoms with Gasteiger partial charge < -0.3 is 10.2 Å². The Hall–Kier alpha value is -3.41. The fourth-order valence-corrected chi connectivity index (χ4v) is 4.96. The summed E-state index contributed by atoms with van der Waals surface area (Å²) < 4.78 is 0. The smallest absolute Gasteiger partial charge is 0.325 e. The third-order valence-corrected chi connectivity index (χ3v) is 6.95. The lowest BCUT2D eigenvalue weighted by atomic mass is 9.89. The maximum absolute atomic E-state index is 13.3. The van der Waals surface area contributed by atoms with Gasteiger partial charge in [-0.25, -0.2) is 4.79 Å². The summed E-state index contributed by atoms with van der Waals surface area (Å²) in [6, 6.07) is 15.6. The second kappa shape index (κ2) is 7.93. The van der Waals surface area contributed by atoms with E-state index in [1.165, 1.54) is 22.3 Å². The van der Waals surface area contributed by atoms with Gasteiger partial charge in [-0.05, 0) is 60.4 Å². The second-order valence-corrected chi connectivity index (χ2v) is 8.97. The molecule has 5 rings (SSSR count). The molecule has 3 aliphatic rings. The monoisotopic (exact) mass is 429 g/mol. The topological polar surface area (TPSA) is 69.7 Å². The van der Waals surface area contributed by atoms with Crippen LogP contribution in [0.5, 0.6) is 0 Å². The van der Waals surface area contributed by atoms with E-state index in [1.807, 2.05) is 30.3 Å². The molecule has 2 heterocycles. The Bertz CT molecular complexity index is 1120. The van der Waals surface area contributed by atoms with Crippen molar-refractivity contribution in [2.75, 3.05) is 19.6 Å². The summed E-state index contributed by atoms with van der Waals surface area (Å²) in [5.41, 5.74) is 4.58. The summed E-state index contributed by atoms with van der Waals surface area (Å²) >= 11 is 0. The van der Waals surface area contributed by atoms with Crippen LogP contribution >= 0.6 is 0 Å². The SMILES string of the molecule is CC1(c2ccc3c(c2)CCC3)NC(=O)N(CC(=O)N2CC=C(c3ccccc3)CC2)C1=O. The van der Waals surface area contributed by atoms with Crippen molar-refractivity contribution in [2.24, 2.45) is 0 Å². The van der Waals surface area contributed by atoms with E-state index in [2.05, 4.69) is 29.6 Å². The van der Waals surface area contributed by atoms with Gasteiger partial charge >= 0.3 is 6.03 Å². The third kappa shape index (κ3) is 3.49. The van der Waals surface area contributed by atoms with Crippen LogP contribution in [0.3, 0.4) is 0 Å². The summed E-state index contributed by atoms with van der Waals surface area (Å²) in [6.07, 6.45) is 5.98. The van der Waals surface area contributed by atoms with Gasteiger partial charge in [0.2, 0.25) is 5.91 Å². The van der Waals surface area contributed by atoms with Gasteiger partial charge in [-0.3, -0.25) is 14.5 Å². The molecule has 2 aromatic carbocycles. The van der Waals surface area contributed by atoms with Crippen molar-refractivity contribution >= 4 is 23.4 Å². The van der Waals surface area contributed by atoms with Crippen molar-refractivity contribution in [2.45, 2.75) is 38.1 Å². The first-order valence-electron chi connectivity index (χ1n) is 11.2. The summed E-state index contributed by atoms with van der Waals surface area (Å²) in [4.78, 5) is 41.6. The molecule has 0 spiro atoms. The Morgan fingerprint density at radius 3 is 2.56 bits per heavy atom. The van der Waals surface area contributed by atoms with Gasteiger partial charge in [0, 0.05) is 13.1 Å². The van der Waals surface area contributed by atoms with Gasteiger partial charge in [0.05, 0.1) is 0 Å². The highest BCUT2D eigenvalue weighted by Crippen LogP contribution is 2.32. The van der Waals surface area contributed by atoms with E-state index in [0.29, 0.717) is 13.1 Å². The van der Waals surface area contributed by atoms with Crippen LogP contribution in [-0.4, -0.2) is 47.3 Å². The molecule has 1 unspecified atom stereocenters. The van der Waals surface area contributed by atoms with Crippen LogP contribution in [-0.2, 0) is 28.0 Å². The molecule has 0 radical (unpaired) electrons. The van der Waals surface area contributed by atoms with Crippen LogP contribution in [0, 0.1) is 0 Å². The highest BCUT2D eigenvalue weighted by atomic mass is 16.2. The van der Waals surface area contributed by atoms with Crippen molar-refractivity contribution in [1.82, 2.24) is 15.1 Å². The summed E-state index contributed by atoms with van der Waals surface area (Å²) in [6.45, 7) is 2.55. The average molecular weight is 430 g/mol. The van der Waals surface area contributed by atoms with E-state index in [0.717, 1.165) is 36.1 Å². The van der Waals surface area contributed by atoms with E-state index < -0.39 is 11.6 Å². The van der Waals surface area contributed by atoms with Crippen LogP contribution in [0.1, 0.15) is 42.0 Å². The predicted molar refractivity (Wildman–Crippen MR) is 122 cm³/mol. The molecule has 0 aromatic heterocycles. The molecule has 164 valence electrons. The first kappa shape index (κ1) is 20.5. The quantitative estimate of drug-likeness (QED) is 0.759. The highest BCUT2D eigenvalue weighted by Gasteiger charge is 2.50. The lowest BCUT2D eigenvalue weighted by Crippen LogP contribution is -2.45. The first-order chi connectivity index (χ1) is 15.5. The third-order valence-electron chi connectivity index (χ3n) is 6.95. The number of carbonyl (C=O) groups is 3. The van der Waals surface area contributed by atoms with Crippen molar-refractivity contribution in [3.05, 3.63) is 76.9 Å². The minimum atomic E-state index is -1.14. The van der Waals surface area contributed by atoms with Gasteiger partial charge in [-0.15, -0.1) is 0 Å². The number of hydrogen-bond donors (Lipinski definition) is 1. The molecular formula is C26H27N3O3. The molecule has 1 saturated heterocycles. The zero-order chi connectivity index (χ0) is 22.3. The molecule has 1 atom stereocenters. The molecule has 1 aliphatic carbocycles. The molecule has 32 heavy (non-hydrogen) atoms.